The summed E-state index contributed by atoms with van der Waals surface area (Å²) in [4.78, 5) is 23.3. The molecule has 32 heavy (non-hydrogen) atoms. The maximum Gasteiger partial charge on any atom is 0.253 e. The molecule has 0 unspecified atom stereocenters. The van der Waals surface area contributed by atoms with Gasteiger partial charge in [-0.25, -0.2) is 9.97 Å². The highest BCUT2D eigenvalue weighted by molar-refractivity contribution is 5.96. The summed E-state index contributed by atoms with van der Waals surface area (Å²) >= 11 is 0. The fourth-order valence-corrected chi connectivity index (χ4v) is 3.60. The summed E-state index contributed by atoms with van der Waals surface area (Å²) in [5, 5.41) is 3.33. The number of nitrogens with zero attached hydrogens (tertiary/aromatic N) is 4. The van der Waals surface area contributed by atoms with Gasteiger partial charge in [0, 0.05) is 49.3 Å². The molecule has 8 heteroatoms. The largest absolute Gasteiger partial charge is 0.497 e. The summed E-state index contributed by atoms with van der Waals surface area (Å²) < 4.78 is 7.24. The van der Waals surface area contributed by atoms with E-state index in [4.69, 9.17) is 10.5 Å². The van der Waals surface area contributed by atoms with Crippen molar-refractivity contribution in [3.05, 3.63) is 72.2 Å². The fourth-order valence-electron chi connectivity index (χ4n) is 3.60. The molecule has 3 N–H and O–H groups in total. The summed E-state index contributed by atoms with van der Waals surface area (Å²) in [5.41, 5.74) is 10.6. The highest BCUT2D eigenvalue weighted by atomic mass is 16.5. The van der Waals surface area contributed by atoms with Gasteiger partial charge in [-0.05, 0) is 55.0 Å². The number of carbonyl (C=O) groups is 1. The topological polar surface area (TPSA) is 97.8 Å². The van der Waals surface area contributed by atoms with Gasteiger partial charge < -0.3 is 20.7 Å². The van der Waals surface area contributed by atoms with Gasteiger partial charge in [-0.1, -0.05) is 0 Å². The summed E-state index contributed by atoms with van der Waals surface area (Å²) in [6, 6.07) is 13.5. The molecular formula is C24H26N6O2. The van der Waals surface area contributed by atoms with E-state index in [0.717, 1.165) is 28.3 Å². The number of ether oxygens (including phenoxy) is 1. The Balaban J connectivity index is 1.61. The second-order valence-corrected chi connectivity index (χ2v) is 7.51. The van der Waals surface area contributed by atoms with Crippen molar-refractivity contribution >= 4 is 23.1 Å². The Hall–Kier alpha value is -3.91. The predicted octanol–water partition coefficient (Wildman–Crippen LogP) is 3.49. The van der Waals surface area contributed by atoms with Crippen LogP contribution in [0.5, 0.6) is 5.75 Å². The van der Waals surface area contributed by atoms with Gasteiger partial charge in [0.1, 0.15) is 5.75 Å². The lowest BCUT2D eigenvalue weighted by Gasteiger charge is -2.18. The zero-order valence-electron chi connectivity index (χ0n) is 18.4. The second kappa shape index (κ2) is 9.07. The molecule has 0 atom stereocenters. The van der Waals surface area contributed by atoms with Crippen LogP contribution in [-0.2, 0) is 0 Å². The van der Waals surface area contributed by atoms with Gasteiger partial charge in [-0.15, -0.1) is 0 Å². The highest BCUT2D eigenvalue weighted by Gasteiger charge is 2.15. The van der Waals surface area contributed by atoms with Gasteiger partial charge in [-0.3, -0.25) is 9.20 Å². The second-order valence-electron chi connectivity index (χ2n) is 7.51. The Morgan fingerprint density at radius 1 is 1.19 bits per heavy atom. The van der Waals surface area contributed by atoms with Crippen LogP contribution in [0.15, 0.2) is 61.1 Å². The first kappa shape index (κ1) is 21.3. The first-order valence-corrected chi connectivity index (χ1v) is 10.3. The van der Waals surface area contributed by atoms with E-state index < -0.39 is 0 Å². The van der Waals surface area contributed by atoms with E-state index in [1.54, 1.807) is 25.3 Å². The van der Waals surface area contributed by atoms with Crippen LogP contribution in [0.3, 0.4) is 0 Å². The number of nitrogens with one attached hydrogen (secondary N) is 1. The van der Waals surface area contributed by atoms with Gasteiger partial charge >= 0.3 is 0 Å². The lowest BCUT2D eigenvalue weighted by molar-refractivity contribution is 0.0798. The lowest BCUT2D eigenvalue weighted by Crippen LogP contribution is -2.32. The molecule has 0 aliphatic carbocycles. The number of aromatic nitrogens is 3. The molecule has 0 aliphatic rings. The van der Waals surface area contributed by atoms with Crippen molar-refractivity contribution < 1.29 is 9.53 Å². The standard InChI is InChI=1S/C24H26N6O2/c1-16-14-18(6-9-20(16)24(31)29(2)12-10-25)28-22-23-27-15-21(30(23)13-11-26-22)17-4-7-19(32-3)8-5-17/h4-9,11,13-15H,10,12,25H2,1-3H3,(H,26,28). The SMILES string of the molecule is COc1ccc(-c2cnc3c(Nc4ccc(C(=O)N(C)CCN)c(C)c4)nccn23)cc1. The third-order valence-corrected chi connectivity index (χ3v) is 5.34. The minimum absolute atomic E-state index is 0.0443. The minimum Gasteiger partial charge on any atom is -0.497 e. The van der Waals surface area contributed by atoms with E-state index in [2.05, 4.69) is 15.3 Å². The number of imidazole rings is 1. The van der Waals surface area contributed by atoms with Crippen LogP contribution < -0.4 is 15.8 Å². The smallest absolute Gasteiger partial charge is 0.253 e. The number of anilines is 2. The summed E-state index contributed by atoms with van der Waals surface area (Å²) in [7, 11) is 3.40. The number of fused-ring (bicyclic) bond motifs is 1. The number of aryl methyl sites for hydroxylation is 1. The number of nitrogens with two attached hydrogens (primary N) is 1. The predicted molar refractivity (Wildman–Crippen MR) is 125 cm³/mol. The van der Waals surface area contributed by atoms with Crippen LogP contribution in [0.2, 0.25) is 0 Å². The number of likely N-dealkylation sites (N-methyl/N-ethyl adjacent to an activating group) is 1. The van der Waals surface area contributed by atoms with Gasteiger partial charge in [0.15, 0.2) is 11.5 Å². The molecule has 0 spiro atoms. The summed E-state index contributed by atoms with van der Waals surface area (Å²) in [5.74, 6) is 1.39. The molecule has 8 nitrogen and oxygen atoms in total. The minimum atomic E-state index is -0.0443. The Kier molecular flexibility index (Phi) is 6.04. The van der Waals surface area contributed by atoms with Crippen molar-refractivity contribution in [1.29, 1.82) is 0 Å². The van der Waals surface area contributed by atoms with E-state index in [0.29, 0.717) is 30.1 Å². The molecule has 164 valence electrons. The Morgan fingerprint density at radius 3 is 2.66 bits per heavy atom. The van der Waals surface area contributed by atoms with Crippen LogP contribution in [0.4, 0.5) is 11.5 Å². The van der Waals surface area contributed by atoms with E-state index in [1.807, 2.05) is 66.2 Å². The normalized spacial score (nSPS) is 10.9. The number of methoxy groups -OCH3 is 1. The molecule has 0 fully saturated rings. The third-order valence-electron chi connectivity index (χ3n) is 5.34. The highest BCUT2D eigenvalue weighted by Crippen LogP contribution is 2.27. The van der Waals surface area contributed by atoms with E-state index in [-0.39, 0.29) is 5.91 Å². The Bertz CT molecular complexity index is 1250. The molecule has 0 saturated carbocycles. The van der Waals surface area contributed by atoms with Gasteiger partial charge in [-0.2, -0.15) is 0 Å². The molecule has 2 aromatic heterocycles. The van der Waals surface area contributed by atoms with Gasteiger partial charge in [0.25, 0.3) is 5.91 Å². The molecule has 1 amide bonds. The number of hydrogen-bond acceptors (Lipinski definition) is 6. The molecule has 4 aromatic rings. The number of amides is 1. The lowest BCUT2D eigenvalue weighted by atomic mass is 10.1. The Morgan fingerprint density at radius 2 is 1.97 bits per heavy atom. The quantitative estimate of drug-likeness (QED) is 0.466. The molecule has 2 aromatic carbocycles. The first-order valence-electron chi connectivity index (χ1n) is 10.3. The van der Waals surface area contributed by atoms with E-state index >= 15 is 0 Å². The van der Waals surface area contributed by atoms with E-state index in [9.17, 15) is 4.79 Å². The van der Waals surface area contributed by atoms with E-state index in [1.165, 1.54) is 0 Å². The van der Waals surface area contributed by atoms with Crippen molar-refractivity contribution in [2.24, 2.45) is 5.73 Å². The molecule has 0 aliphatic heterocycles. The van der Waals surface area contributed by atoms with Crippen molar-refractivity contribution in [3.63, 3.8) is 0 Å². The number of hydrogen-bond donors (Lipinski definition) is 2. The molecule has 4 rings (SSSR count). The summed E-state index contributed by atoms with van der Waals surface area (Å²) in [6.45, 7) is 2.86. The first-order chi connectivity index (χ1) is 15.5. The average molecular weight is 431 g/mol. The molecular weight excluding hydrogens is 404 g/mol. The van der Waals surface area contributed by atoms with Crippen molar-refractivity contribution in [2.75, 3.05) is 32.6 Å². The van der Waals surface area contributed by atoms with Gasteiger partial charge in [0.05, 0.1) is 19.0 Å². The van der Waals surface area contributed by atoms with Crippen LogP contribution in [0, 0.1) is 6.92 Å². The maximum absolute atomic E-state index is 12.6. The number of benzene rings is 2. The third kappa shape index (κ3) is 4.13. The molecule has 0 radical (unpaired) electrons. The van der Waals surface area contributed by atoms with Crippen LogP contribution in [-0.4, -0.2) is 52.4 Å². The Labute approximate surface area is 186 Å². The van der Waals surface area contributed by atoms with Crippen LogP contribution >= 0.6 is 0 Å². The zero-order chi connectivity index (χ0) is 22.7. The average Bonchev–Trinajstić information content (AvgIpc) is 3.24. The summed E-state index contributed by atoms with van der Waals surface area (Å²) in [6.07, 6.45) is 5.44. The van der Waals surface area contributed by atoms with Gasteiger partial charge in [0.2, 0.25) is 0 Å². The fraction of sp³-hybridized carbons (Fsp3) is 0.208. The molecule has 2 heterocycles. The number of carbonyl (C=O) groups excluding carboxylic acids is 1. The van der Waals surface area contributed by atoms with Crippen molar-refractivity contribution in [3.8, 4) is 17.0 Å². The maximum atomic E-state index is 12.6. The van der Waals surface area contributed by atoms with Crippen LogP contribution in [0.1, 0.15) is 15.9 Å². The molecule has 0 bridgehead atoms. The van der Waals surface area contributed by atoms with Crippen molar-refractivity contribution in [1.82, 2.24) is 19.3 Å². The zero-order valence-corrected chi connectivity index (χ0v) is 18.4. The van der Waals surface area contributed by atoms with Crippen LogP contribution in [0.25, 0.3) is 16.9 Å². The monoisotopic (exact) mass is 430 g/mol. The number of rotatable bonds is 7. The van der Waals surface area contributed by atoms with Crippen molar-refractivity contribution in [2.45, 2.75) is 6.92 Å². The molecule has 0 saturated heterocycles.